The van der Waals surface area contributed by atoms with Crippen molar-refractivity contribution in [2.24, 2.45) is 0 Å². The largest absolute Gasteiger partial charge is 0.462 e. The van der Waals surface area contributed by atoms with Crippen molar-refractivity contribution in [3.63, 3.8) is 0 Å². The van der Waals surface area contributed by atoms with Crippen LogP contribution in [0.2, 0.25) is 0 Å². The van der Waals surface area contributed by atoms with Crippen molar-refractivity contribution in [2.75, 3.05) is 37.4 Å². The van der Waals surface area contributed by atoms with E-state index in [1.54, 1.807) is 0 Å². The van der Waals surface area contributed by atoms with Gasteiger partial charge in [-0.15, -0.1) is 0 Å². The predicted molar refractivity (Wildman–Crippen MR) is 121 cm³/mol. The van der Waals surface area contributed by atoms with E-state index in [0.717, 1.165) is 43.7 Å². The summed E-state index contributed by atoms with van der Waals surface area (Å²) in [6, 6.07) is 13.8. The third-order valence-electron chi connectivity index (χ3n) is 6.58. The lowest BCUT2D eigenvalue weighted by atomic mass is 10.00. The Kier molecular flexibility index (Phi) is 4.95. The van der Waals surface area contributed by atoms with Crippen LogP contribution in [0.3, 0.4) is 0 Å². The Balaban J connectivity index is 1.41. The van der Waals surface area contributed by atoms with Crippen LogP contribution in [0, 0.1) is 6.92 Å². The molecule has 0 bridgehead atoms. The fourth-order valence-electron chi connectivity index (χ4n) is 4.84. The molecule has 30 heavy (non-hydrogen) atoms. The molecule has 0 unspecified atom stereocenters. The van der Waals surface area contributed by atoms with Gasteiger partial charge >= 0.3 is 6.01 Å². The molecule has 1 fully saturated rings. The molecule has 0 saturated carbocycles. The summed E-state index contributed by atoms with van der Waals surface area (Å²) in [7, 11) is 2.15. The minimum Gasteiger partial charge on any atom is -0.462 e. The number of aromatic nitrogens is 2. The summed E-state index contributed by atoms with van der Waals surface area (Å²) in [4.78, 5) is 13.9. The standard InChI is InChI=1S/C24H29N5O/c1-16-6-3-7-17-8-4-10-21(22(16)17)29-13-11-19-20(14-29)26-24(27-23(19)25)30-15-18-9-5-12-28(18)2/h3-4,6-8,10,18H,5,9,11-15H2,1-2H3,(H2,25,26,27)/t18-/m0/s1. The van der Waals surface area contributed by atoms with Crippen molar-refractivity contribution in [3.8, 4) is 6.01 Å². The lowest BCUT2D eigenvalue weighted by Crippen LogP contribution is -2.33. The zero-order valence-electron chi connectivity index (χ0n) is 17.8. The van der Waals surface area contributed by atoms with Gasteiger partial charge in [-0.2, -0.15) is 9.97 Å². The number of nitrogens with two attached hydrogens (primary N) is 1. The number of nitrogens with zero attached hydrogens (tertiary/aromatic N) is 4. The van der Waals surface area contributed by atoms with Gasteiger partial charge in [0.1, 0.15) is 12.4 Å². The molecule has 0 aliphatic carbocycles. The van der Waals surface area contributed by atoms with Gasteiger partial charge in [0.15, 0.2) is 0 Å². The maximum Gasteiger partial charge on any atom is 0.318 e. The number of likely N-dealkylation sites (N-methyl/N-ethyl adjacent to an activating group) is 1. The molecule has 2 aromatic carbocycles. The van der Waals surface area contributed by atoms with Crippen molar-refractivity contribution in [1.82, 2.24) is 14.9 Å². The van der Waals surface area contributed by atoms with Gasteiger partial charge in [-0.25, -0.2) is 0 Å². The first-order chi connectivity index (χ1) is 14.6. The van der Waals surface area contributed by atoms with Gasteiger partial charge in [-0.1, -0.05) is 30.3 Å². The lowest BCUT2D eigenvalue weighted by Gasteiger charge is -2.31. The zero-order chi connectivity index (χ0) is 20.7. The molecule has 5 rings (SSSR count). The first kappa shape index (κ1) is 19.1. The Morgan fingerprint density at radius 1 is 1.13 bits per heavy atom. The average Bonchev–Trinajstić information content (AvgIpc) is 3.16. The predicted octanol–water partition coefficient (Wildman–Crippen LogP) is 3.56. The highest BCUT2D eigenvalue weighted by atomic mass is 16.5. The molecule has 1 aromatic heterocycles. The highest BCUT2D eigenvalue weighted by Crippen LogP contribution is 2.34. The number of hydrogen-bond donors (Lipinski definition) is 1. The summed E-state index contributed by atoms with van der Waals surface area (Å²) in [5.74, 6) is 0.559. The van der Waals surface area contributed by atoms with Crippen LogP contribution in [0.15, 0.2) is 36.4 Å². The molecule has 6 heteroatoms. The fourth-order valence-corrected chi connectivity index (χ4v) is 4.84. The van der Waals surface area contributed by atoms with Crippen molar-refractivity contribution in [2.45, 2.75) is 38.8 Å². The Bertz CT molecular complexity index is 1080. The van der Waals surface area contributed by atoms with Crippen molar-refractivity contribution < 1.29 is 4.74 Å². The number of likely N-dealkylation sites (tertiary alicyclic amines) is 1. The number of anilines is 2. The van der Waals surface area contributed by atoms with E-state index >= 15 is 0 Å². The van der Waals surface area contributed by atoms with Gasteiger partial charge in [-0.3, -0.25) is 0 Å². The maximum atomic E-state index is 6.29. The van der Waals surface area contributed by atoms with Crippen LogP contribution in [0.1, 0.15) is 29.7 Å². The Morgan fingerprint density at radius 3 is 2.77 bits per heavy atom. The third-order valence-corrected chi connectivity index (χ3v) is 6.58. The number of hydrogen-bond acceptors (Lipinski definition) is 6. The summed E-state index contributed by atoms with van der Waals surface area (Å²) < 4.78 is 5.98. The molecule has 6 nitrogen and oxygen atoms in total. The van der Waals surface area contributed by atoms with E-state index in [4.69, 9.17) is 15.5 Å². The smallest absolute Gasteiger partial charge is 0.318 e. The minimum absolute atomic E-state index is 0.405. The number of fused-ring (bicyclic) bond motifs is 2. The van der Waals surface area contributed by atoms with E-state index in [2.05, 4.69) is 65.2 Å². The average molecular weight is 404 g/mol. The maximum absolute atomic E-state index is 6.29. The van der Waals surface area contributed by atoms with Crippen LogP contribution in [-0.4, -0.2) is 47.7 Å². The SMILES string of the molecule is Cc1cccc2cccc(N3CCc4c(N)nc(OC[C@@H]5CCCN5C)nc4C3)c12. The van der Waals surface area contributed by atoms with E-state index in [1.807, 2.05) is 0 Å². The zero-order valence-corrected chi connectivity index (χ0v) is 17.8. The molecule has 3 aromatic rings. The number of aryl methyl sites for hydroxylation is 1. The summed E-state index contributed by atoms with van der Waals surface area (Å²) >= 11 is 0. The van der Waals surface area contributed by atoms with Gasteiger partial charge in [0.2, 0.25) is 0 Å². The Morgan fingerprint density at radius 2 is 1.97 bits per heavy atom. The molecule has 0 amide bonds. The van der Waals surface area contributed by atoms with E-state index < -0.39 is 0 Å². The van der Waals surface area contributed by atoms with Crippen LogP contribution in [0.4, 0.5) is 11.5 Å². The molecule has 3 heterocycles. The molecule has 0 spiro atoms. The number of ether oxygens (including phenoxy) is 1. The van der Waals surface area contributed by atoms with E-state index in [9.17, 15) is 0 Å². The van der Waals surface area contributed by atoms with Gasteiger partial charge in [0.05, 0.1) is 12.2 Å². The number of benzene rings is 2. The number of rotatable bonds is 4. The van der Waals surface area contributed by atoms with Gasteiger partial charge in [0.25, 0.3) is 0 Å². The third kappa shape index (κ3) is 3.45. The molecule has 2 N–H and O–H groups in total. The molecule has 0 radical (unpaired) electrons. The normalized spacial score (nSPS) is 19.3. The van der Waals surface area contributed by atoms with E-state index in [-0.39, 0.29) is 0 Å². The second-order valence-corrected chi connectivity index (χ2v) is 8.53. The van der Waals surface area contributed by atoms with Gasteiger partial charge in [-0.05, 0) is 56.8 Å². The topological polar surface area (TPSA) is 67.5 Å². The second kappa shape index (κ2) is 7.76. The van der Waals surface area contributed by atoms with E-state index in [0.29, 0.717) is 24.5 Å². The fraction of sp³-hybridized carbons (Fsp3) is 0.417. The van der Waals surface area contributed by atoms with Crippen molar-refractivity contribution in [1.29, 1.82) is 0 Å². The first-order valence-corrected chi connectivity index (χ1v) is 10.8. The Labute approximate surface area is 177 Å². The summed E-state index contributed by atoms with van der Waals surface area (Å²) in [5.41, 5.74) is 10.9. The van der Waals surface area contributed by atoms with Crippen LogP contribution >= 0.6 is 0 Å². The van der Waals surface area contributed by atoms with Crippen LogP contribution in [0.5, 0.6) is 6.01 Å². The van der Waals surface area contributed by atoms with E-state index in [1.165, 1.54) is 28.4 Å². The molecular weight excluding hydrogens is 374 g/mol. The summed E-state index contributed by atoms with van der Waals surface area (Å²) in [6.07, 6.45) is 3.22. The summed E-state index contributed by atoms with van der Waals surface area (Å²) in [6.45, 7) is 5.54. The highest BCUT2D eigenvalue weighted by Gasteiger charge is 2.25. The monoisotopic (exact) mass is 403 g/mol. The highest BCUT2D eigenvalue weighted by molar-refractivity contribution is 5.97. The molecule has 1 saturated heterocycles. The van der Waals surface area contributed by atoms with Crippen LogP contribution in [0.25, 0.3) is 10.8 Å². The summed E-state index contributed by atoms with van der Waals surface area (Å²) in [5, 5.41) is 2.58. The molecular formula is C24H29N5O. The van der Waals surface area contributed by atoms with Gasteiger partial charge in [0, 0.05) is 29.2 Å². The lowest BCUT2D eigenvalue weighted by molar-refractivity contribution is 0.187. The van der Waals surface area contributed by atoms with Crippen LogP contribution < -0.4 is 15.4 Å². The van der Waals surface area contributed by atoms with Gasteiger partial charge < -0.3 is 20.3 Å². The second-order valence-electron chi connectivity index (χ2n) is 8.53. The molecule has 2 aliphatic heterocycles. The van der Waals surface area contributed by atoms with Crippen molar-refractivity contribution >= 4 is 22.3 Å². The molecule has 1 atom stereocenters. The minimum atomic E-state index is 0.405. The molecule has 156 valence electrons. The number of nitrogen functional groups attached to an aromatic ring is 1. The van der Waals surface area contributed by atoms with Crippen LogP contribution in [-0.2, 0) is 13.0 Å². The molecule has 2 aliphatic rings. The quantitative estimate of drug-likeness (QED) is 0.719. The Hall–Kier alpha value is -2.86. The first-order valence-electron chi connectivity index (χ1n) is 10.8. The van der Waals surface area contributed by atoms with Crippen molar-refractivity contribution in [3.05, 3.63) is 53.2 Å².